The molecule has 1 aliphatic rings. The first kappa shape index (κ1) is 21.8. The number of pyridine rings is 1. The van der Waals surface area contributed by atoms with Gasteiger partial charge in [-0.15, -0.1) is 0 Å². The van der Waals surface area contributed by atoms with E-state index in [0.29, 0.717) is 34.4 Å². The van der Waals surface area contributed by atoms with Gasteiger partial charge < -0.3 is 10.4 Å². The van der Waals surface area contributed by atoms with Crippen molar-refractivity contribution < 1.29 is 9.90 Å². The normalized spacial score (nSPS) is 14.5. The second-order valence-corrected chi connectivity index (χ2v) is 8.57. The van der Waals surface area contributed by atoms with Gasteiger partial charge >= 0.3 is 6.03 Å². The number of hydrogen-bond acceptors (Lipinski definition) is 4. The zero-order chi connectivity index (χ0) is 22.0. The molecule has 6 nitrogen and oxygen atoms in total. The van der Waals surface area contributed by atoms with Crippen LogP contribution in [0.15, 0.2) is 64.3 Å². The van der Waals surface area contributed by atoms with Gasteiger partial charge in [-0.05, 0) is 34.9 Å². The summed E-state index contributed by atoms with van der Waals surface area (Å²) in [5.74, 6) is 0. The summed E-state index contributed by atoms with van der Waals surface area (Å²) in [6.45, 7) is 0.404. The predicted molar refractivity (Wildman–Crippen MR) is 126 cm³/mol. The highest BCUT2D eigenvalue weighted by molar-refractivity contribution is 9.10. The monoisotopic (exact) mass is 518 g/mol. The zero-order valence-corrected chi connectivity index (χ0v) is 19.2. The fourth-order valence-corrected chi connectivity index (χ4v) is 4.31. The van der Waals surface area contributed by atoms with Gasteiger partial charge in [0.2, 0.25) is 0 Å². The first-order chi connectivity index (χ1) is 14.9. The number of hydrogen-bond donors (Lipinski definition) is 2. The third kappa shape index (κ3) is 4.91. The minimum Gasteiger partial charge on any atom is -0.384 e. The molecule has 158 valence electrons. The fourth-order valence-electron chi connectivity index (χ4n) is 3.21. The first-order valence-electron chi connectivity index (χ1n) is 9.39. The van der Waals surface area contributed by atoms with Gasteiger partial charge in [0.25, 0.3) is 0 Å². The largest absolute Gasteiger partial charge is 0.384 e. The maximum absolute atomic E-state index is 12.0. The summed E-state index contributed by atoms with van der Waals surface area (Å²) >= 11 is 15.9. The average molecular weight is 520 g/mol. The van der Waals surface area contributed by atoms with Gasteiger partial charge in [0, 0.05) is 33.9 Å². The Bertz CT molecular complexity index is 1110. The van der Waals surface area contributed by atoms with E-state index in [-0.39, 0.29) is 6.03 Å². The van der Waals surface area contributed by atoms with Crippen LogP contribution in [0.25, 0.3) is 0 Å². The minimum absolute atomic E-state index is 0.303. The maximum atomic E-state index is 12.0. The van der Waals surface area contributed by atoms with Crippen LogP contribution in [0.4, 0.5) is 10.5 Å². The molecular weight excluding hydrogens is 503 g/mol. The summed E-state index contributed by atoms with van der Waals surface area (Å²) in [5.41, 5.74) is 3.91. The highest BCUT2D eigenvalue weighted by atomic mass is 79.9. The fraction of sp³-hybridized carbons (Fsp3) is 0.136. The number of nitrogens with zero attached hydrogens (tertiary/aromatic N) is 3. The van der Waals surface area contributed by atoms with E-state index < -0.39 is 6.10 Å². The molecule has 1 aromatic heterocycles. The topological polar surface area (TPSA) is 77.8 Å². The van der Waals surface area contributed by atoms with Gasteiger partial charge in [0.05, 0.1) is 12.2 Å². The number of anilines is 1. The molecule has 0 saturated heterocycles. The lowest BCUT2D eigenvalue weighted by molar-refractivity contribution is 0.220. The number of benzene rings is 2. The molecule has 1 atom stereocenters. The summed E-state index contributed by atoms with van der Waals surface area (Å²) in [5, 5.41) is 19.6. The van der Waals surface area contributed by atoms with Crippen molar-refractivity contribution in [2.45, 2.75) is 12.5 Å². The van der Waals surface area contributed by atoms with Crippen molar-refractivity contribution in [2.75, 3.05) is 11.6 Å². The molecule has 9 heteroatoms. The third-order valence-corrected chi connectivity index (χ3v) is 6.12. The van der Waals surface area contributed by atoms with E-state index in [1.807, 2.05) is 30.3 Å². The van der Waals surface area contributed by atoms with Crippen LogP contribution in [0.5, 0.6) is 0 Å². The molecule has 0 fully saturated rings. The Hall–Kier alpha value is -2.45. The maximum Gasteiger partial charge on any atom is 0.342 e. The SMILES string of the molecule is O=C1NCC=NN1c1cc(Cl)c(Cc2ccc(C(O)c3ccc(Cl)nc3)cc2)c(Br)c1. The molecule has 0 radical (unpaired) electrons. The van der Waals surface area contributed by atoms with E-state index in [0.717, 1.165) is 21.2 Å². The van der Waals surface area contributed by atoms with Crippen molar-refractivity contribution in [1.82, 2.24) is 10.3 Å². The summed E-state index contributed by atoms with van der Waals surface area (Å²) in [4.78, 5) is 16.0. The molecule has 4 rings (SSSR count). The number of hydrazone groups is 1. The highest BCUT2D eigenvalue weighted by Gasteiger charge is 2.20. The Morgan fingerprint density at radius 3 is 2.52 bits per heavy atom. The molecule has 0 bridgehead atoms. The second kappa shape index (κ2) is 9.36. The smallest absolute Gasteiger partial charge is 0.342 e. The molecule has 2 aromatic carbocycles. The van der Waals surface area contributed by atoms with Crippen molar-refractivity contribution in [3.05, 3.63) is 91.6 Å². The van der Waals surface area contributed by atoms with E-state index in [4.69, 9.17) is 23.2 Å². The van der Waals surface area contributed by atoms with E-state index in [1.54, 1.807) is 30.6 Å². The summed E-state index contributed by atoms with van der Waals surface area (Å²) in [6.07, 6.45) is 2.97. The quantitative estimate of drug-likeness (QED) is 0.446. The third-order valence-electron chi connectivity index (χ3n) is 4.85. The lowest BCUT2D eigenvalue weighted by Gasteiger charge is -2.22. The van der Waals surface area contributed by atoms with Crippen LogP contribution < -0.4 is 10.3 Å². The lowest BCUT2D eigenvalue weighted by Crippen LogP contribution is -2.41. The predicted octanol–water partition coefficient (Wildman–Crippen LogP) is 5.34. The molecule has 3 aromatic rings. The van der Waals surface area contributed by atoms with Gasteiger partial charge in [0.1, 0.15) is 11.3 Å². The number of nitrogens with one attached hydrogen (secondary N) is 1. The van der Waals surface area contributed by atoms with Gasteiger partial charge in [-0.25, -0.2) is 9.78 Å². The highest BCUT2D eigenvalue weighted by Crippen LogP contribution is 2.33. The molecular formula is C22H17BrCl2N4O2. The molecule has 31 heavy (non-hydrogen) atoms. The number of carbonyl (C=O) groups is 1. The molecule has 1 unspecified atom stereocenters. The molecule has 0 saturated carbocycles. The van der Waals surface area contributed by atoms with Crippen molar-refractivity contribution in [3.8, 4) is 0 Å². The number of halogens is 3. The Morgan fingerprint density at radius 1 is 1.13 bits per heavy atom. The van der Waals surface area contributed by atoms with Crippen molar-refractivity contribution in [1.29, 1.82) is 0 Å². The van der Waals surface area contributed by atoms with E-state index >= 15 is 0 Å². The molecule has 2 heterocycles. The van der Waals surface area contributed by atoms with Crippen molar-refractivity contribution in [2.24, 2.45) is 5.10 Å². The molecule has 0 aliphatic carbocycles. The van der Waals surface area contributed by atoms with E-state index in [1.165, 1.54) is 5.01 Å². The van der Waals surface area contributed by atoms with Crippen LogP contribution in [0.3, 0.4) is 0 Å². The van der Waals surface area contributed by atoms with Crippen molar-refractivity contribution in [3.63, 3.8) is 0 Å². The number of amides is 2. The molecule has 2 N–H and O–H groups in total. The van der Waals surface area contributed by atoms with Crippen LogP contribution in [0, 0.1) is 0 Å². The van der Waals surface area contributed by atoms with Crippen LogP contribution in [0.2, 0.25) is 10.2 Å². The molecule has 2 amide bonds. The van der Waals surface area contributed by atoms with Crippen molar-refractivity contribution >= 4 is 57.1 Å². The molecule has 0 spiro atoms. The van der Waals surface area contributed by atoms with Gasteiger partial charge in [0.15, 0.2) is 0 Å². The number of aliphatic hydroxyl groups excluding tert-OH is 1. The summed E-state index contributed by atoms with van der Waals surface area (Å²) in [7, 11) is 0. The Balaban J connectivity index is 1.52. The Labute approximate surface area is 197 Å². The van der Waals surface area contributed by atoms with Gasteiger partial charge in [-0.2, -0.15) is 10.1 Å². The van der Waals surface area contributed by atoms with Crippen LogP contribution in [-0.4, -0.2) is 28.9 Å². The Morgan fingerprint density at radius 2 is 1.87 bits per heavy atom. The van der Waals surface area contributed by atoms with Gasteiger partial charge in [-0.1, -0.05) is 69.5 Å². The number of aliphatic hydroxyl groups is 1. The standard InChI is InChI=1S/C22H17BrCl2N4O2/c23-18-10-16(29-22(31)26-7-8-28-29)11-19(24)17(18)9-13-1-3-14(4-2-13)21(30)15-5-6-20(25)27-12-15/h1-6,8,10-12,21,30H,7,9H2,(H,26,31). The second-order valence-electron chi connectivity index (χ2n) is 6.92. The van der Waals surface area contributed by atoms with Crippen LogP contribution in [0.1, 0.15) is 28.4 Å². The molecule has 1 aliphatic heterocycles. The van der Waals surface area contributed by atoms with Crippen LogP contribution >= 0.6 is 39.1 Å². The number of carbonyl (C=O) groups excluding carboxylic acids is 1. The van der Waals surface area contributed by atoms with Crippen LogP contribution in [-0.2, 0) is 6.42 Å². The minimum atomic E-state index is -0.787. The lowest BCUT2D eigenvalue weighted by atomic mass is 9.99. The summed E-state index contributed by atoms with van der Waals surface area (Å²) < 4.78 is 0.778. The number of rotatable bonds is 5. The van der Waals surface area contributed by atoms with E-state index in [9.17, 15) is 9.90 Å². The van der Waals surface area contributed by atoms with E-state index in [2.05, 4.69) is 31.3 Å². The average Bonchev–Trinajstić information content (AvgIpc) is 2.77. The Kier molecular flexibility index (Phi) is 6.57. The number of aromatic nitrogens is 1. The zero-order valence-electron chi connectivity index (χ0n) is 16.1. The summed E-state index contributed by atoms with van der Waals surface area (Å²) in [6, 6.07) is 14.3. The van der Waals surface area contributed by atoms with Gasteiger partial charge in [-0.3, -0.25) is 0 Å². The number of urea groups is 1. The first-order valence-corrected chi connectivity index (χ1v) is 10.9.